The van der Waals surface area contributed by atoms with Gasteiger partial charge in [-0.2, -0.15) is 0 Å². The summed E-state index contributed by atoms with van der Waals surface area (Å²) in [6.45, 7) is 3.68. The van der Waals surface area contributed by atoms with E-state index >= 15 is 0 Å². The van der Waals surface area contributed by atoms with Gasteiger partial charge in [-0.15, -0.1) is 0 Å². The first-order chi connectivity index (χ1) is 13.8. The van der Waals surface area contributed by atoms with Crippen LogP contribution in [-0.4, -0.2) is 15.5 Å². The molecule has 0 spiro atoms. The van der Waals surface area contributed by atoms with E-state index in [1.807, 2.05) is 30.3 Å². The molecule has 0 aliphatic heterocycles. The van der Waals surface area contributed by atoms with Crippen molar-refractivity contribution < 1.29 is 4.79 Å². The number of aromatic nitrogens is 2. The van der Waals surface area contributed by atoms with Crippen LogP contribution in [0.2, 0.25) is 0 Å². The zero-order valence-corrected chi connectivity index (χ0v) is 16.9. The smallest absolute Gasteiger partial charge is 0.220 e. The van der Waals surface area contributed by atoms with E-state index in [0.29, 0.717) is 13.0 Å². The number of unbranched alkanes of at least 4 members (excludes halogenated alkanes) is 4. The van der Waals surface area contributed by atoms with Crippen LogP contribution < -0.4 is 5.32 Å². The third kappa shape index (κ3) is 5.69. The molecule has 1 N–H and O–H groups in total. The van der Waals surface area contributed by atoms with Crippen LogP contribution in [0.25, 0.3) is 11.0 Å². The molecule has 0 saturated carbocycles. The molecule has 148 valence electrons. The van der Waals surface area contributed by atoms with Crippen LogP contribution in [0.4, 0.5) is 0 Å². The highest BCUT2D eigenvalue weighted by atomic mass is 16.1. The van der Waals surface area contributed by atoms with Gasteiger partial charge in [0.2, 0.25) is 5.91 Å². The lowest BCUT2D eigenvalue weighted by Gasteiger charge is -2.10. The lowest BCUT2D eigenvalue weighted by molar-refractivity contribution is -0.121. The van der Waals surface area contributed by atoms with E-state index in [4.69, 9.17) is 4.98 Å². The number of carbonyl (C=O) groups excluding carboxylic acids is 1. The van der Waals surface area contributed by atoms with Crippen molar-refractivity contribution in [2.45, 2.75) is 65.0 Å². The maximum Gasteiger partial charge on any atom is 0.220 e. The van der Waals surface area contributed by atoms with Crippen LogP contribution in [0.1, 0.15) is 56.8 Å². The Morgan fingerprint density at radius 2 is 1.71 bits per heavy atom. The van der Waals surface area contributed by atoms with Gasteiger partial charge in [-0.1, -0.05) is 75.1 Å². The number of benzene rings is 2. The molecule has 4 heteroatoms. The SMILES string of the molecule is CCCCCCCn1c(CNC(=O)CCc2ccccc2)nc2ccccc21. The monoisotopic (exact) mass is 377 g/mol. The Bertz CT molecular complexity index is 870. The molecule has 28 heavy (non-hydrogen) atoms. The minimum absolute atomic E-state index is 0.0744. The maximum absolute atomic E-state index is 12.3. The lowest BCUT2D eigenvalue weighted by atomic mass is 10.1. The number of nitrogens with zero attached hydrogens (tertiary/aromatic N) is 2. The Morgan fingerprint density at radius 3 is 2.54 bits per heavy atom. The summed E-state index contributed by atoms with van der Waals surface area (Å²) >= 11 is 0. The Morgan fingerprint density at radius 1 is 0.964 bits per heavy atom. The van der Waals surface area contributed by atoms with E-state index in [1.165, 1.54) is 31.2 Å². The van der Waals surface area contributed by atoms with Crippen LogP contribution in [-0.2, 0) is 24.3 Å². The molecule has 1 amide bonds. The fourth-order valence-corrected chi connectivity index (χ4v) is 3.55. The second kappa shape index (κ2) is 10.6. The molecular formula is C24H31N3O. The zero-order chi connectivity index (χ0) is 19.6. The molecule has 0 saturated heterocycles. The van der Waals surface area contributed by atoms with Crippen molar-refractivity contribution in [1.29, 1.82) is 0 Å². The quantitative estimate of drug-likeness (QED) is 0.464. The normalized spacial score (nSPS) is 11.0. The van der Waals surface area contributed by atoms with Crippen molar-refractivity contribution in [3.05, 3.63) is 66.0 Å². The summed E-state index contributed by atoms with van der Waals surface area (Å²) in [5, 5.41) is 3.06. The summed E-state index contributed by atoms with van der Waals surface area (Å²) in [4.78, 5) is 17.1. The fraction of sp³-hybridized carbons (Fsp3) is 0.417. The fourth-order valence-electron chi connectivity index (χ4n) is 3.55. The predicted molar refractivity (Wildman–Crippen MR) is 115 cm³/mol. The van der Waals surface area contributed by atoms with Gasteiger partial charge in [-0.05, 0) is 30.5 Å². The highest BCUT2D eigenvalue weighted by molar-refractivity contribution is 5.77. The molecular weight excluding hydrogens is 346 g/mol. The molecule has 0 unspecified atom stereocenters. The van der Waals surface area contributed by atoms with Gasteiger partial charge < -0.3 is 9.88 Å². The Hall–Kier alpha value is -2.62. The van der Waals surface area contributed by atoms with Crippen LogP contribution in [0, 0.1) is 0 Å². The molecule has 3 aromatic rings. The van der Waals surface area contributed by atoms with Gasteiger partial charge in [0.1, 0.15) is 5.82 Å². The van der Waals surface area contributed by atoms with Crippen LogP contribution in [0.3, 0.4) is 0 Å². The Balaban J connectivity index is 1.58. The number of hydrogen-bond donors (Lipinski definition) is 1. The highest BCUT2D eigenvalue weighted by Gasteiger charge is 2.11. The van der Waals surface area contributed by atoms with E-state index in [0.717, 1.165) is 36.2 Å². The standard InChI is InChI=1S/C24H31N3O/c1-2-3-4-5-11-18-27-22-15-10-9-14-21(22)26-23(27)19-25-24(28)17-16-20-12-7-6-8-13-20/h6-10,12-15H,2-5,11,16-19H2,1H3,(H,25,28). The number of nitrogens with one attached hydrogen (secondary N) is 1. The molecule has 0 radical (unpaired) electrons. The van der Waals surface area contributed by atoms with Crippen molar-refractivity contribution >= 4 is 16.9 Å². The molecule has 3 rings (SSSR count). The van der Waals surface area contributed by atoms with Gasteiger partial charge >= 0.3 is 0 Å². The summed E-state index contributed by atoms with van der Waals surface area (Å²) < 4.78 is 2.28. The number of carbonyl (C=O) groups is 1. The predicted octanol–water partition coefficient (Wildman–Crippen LogP) is 5.26. The third-order valence-electron chi connectivity index (χ3n) is 5.15. The van der Waals surface area contributed by atoms with Gasteiger partial charge in [0.15, 0.2) is 0 Å². The summed E-state index contributed by atoms with van der Waals surface area (Å²) in [6, 6.07) is 18.4. The first-order valence-corrected chi connectivity index (χ1v) is 10.5. The largest absolute Gasteiger partial charge is 0.349 e. The molecule has 0 fully saturated rings. The van der Waals surface area contributed by atoms with Gasteiger partial charge in [0, 0.05) is 13.0 Å². The maximum atomic E-state index is 12.3. The molecule has 0 bridgehead atoms. The minimum atomic E-state index is 0.0744. The van der Waals surface area contributed by atoms with Crippen molar-refractivity contribution in [2.75, 3.05) is 0 Å². The summed E-state index contributed by atoms with van der Waals surface area (Å²) in [5.74, 6) is 1.02. The Kier molecular flexibility index (Phi) is 7.65. The van der Waals surface area contributed by atoms with Crippen molar-refractivity contribution in [1.82, 2.24) is 14.9 Å². The summed E-state index contributed by atoms with van der Waals surface area (Å²) in [5.41, 5.74) is 3.35. The first kappa shape index (κ1) is 20.1. The molecule has 2 aromatic carbocycles. The second-order valence-electron chi connectivity index (χ2n) is 7.34. The number of imidazole rings is 1. The van der Waals surface area contributed by atoms with Gasteiger partial charge in [0.05, 0.1) is 17.6 Å². The van der Waals surface area contributed by atoms with Crippen LogP contribution >= 0.6 is 0 Å². The number of rotatable bonds is 11. The lowest BCUT2D eigenvalue weighted by Crippen LogP contribution is -2.25. The van der Waals surface area contributed by atoms with E-state index in [2.05, 4.69) is 41.1 Å². The molecule has 0 aliphatic carbocycles. The van der Waals surface area contributed by atoms with Crippen LogP contribution in [0.5, 0.6) is 0 Å². The van der Waals surface area contributed by atoms with Gasteiger partial charge in [-0.25, -0.2) is 4.98 Å². The average molecular weight is 378 g/mol. The minimum Gasteiger partial charge on any atom is -0.349 e. The molecule has 4 nitrogen and oxygen atoms in total. The number of amides is 1. The molecule has 1 heterocycles. The summed E-state index contributed by atoms with van der Waals surface area (Å²) in [6.07, 6.45) is 7.50. The van der Waals surface area contributed by atoms with Crippen molar-refractivity contribution in [3.8, 4) is 0 Å². The topological polar surface area (TPSA) is 46.9 Å². The Labute approximate surface area is 168 Å². The molecule has 0 aliphatic rings. The van der Waals surface area contributed by atoms with Gasteiger partial charge in [0.25, 0.3) is 0 Å². The number of aryl methyl sites for hydroxylation is 2. The summed E-state index contributed by atoms with van der Waals surface area (Å²) in [7, 11) is 0. The average Bonchev–Trinajstić information content (AvgIpc) is 3.09. The second-order valence-corrected chi connectivity index (χ2v) is 7.34. The number of hydrogen-bond acceptors (Lipinski definition) is 2. The highest BCUT2D eigenvalue weighted by Crippen LogP contribution is 2.17. The van der Waals surface area contributed by atoms with E-state index in [9.17, 15) is 4.79 Å². The van der Waals surface area contributed by atoms with E-state index in [1.54, 1.807) is 0 Å². The van der Waals surface area contributed by atoms with E-state index in [-0.39, 0.29) is 5.91 Å². The molecule has 0 atom stereocenters. The number of para-hydroxylation sites is 2. The number of fused-ring (bicyclic) bond motifs is 1. The van der Waals surface area contributed by atoms with E-state index < -0.39 is 0 Å². The van der Waals surface area contributed by atoms with Crippen molar-refractivity contribution in [2.24, 2.45) is 0 Å². The van der Waals surface area contributed by atoms with Gasteiger partial charge in [-0.3, -0.25) is 4.79 Å². The third-order valence-corrected chi connectivity index (χ3v) is 5.15. The zero-order valence-electron chi connectivity index (χ0n) is 16.9. The van der Waals surface area contributed by atoms with Crippen LogP contribution in [0.15, 0.2) is 54.6 Å². The first-order valence-electron chi connectivity index (χ1n) is 10.5. The molecule has 1 aromatic heterocycles. The van der Waals surface area contributed by atoms with Crippen molar-refractivity contribution in [3.63, 3.8) is 0 Å².